The van der Waals surface area contributed by atoms with Crippen LogP contribution in [-0.2, 0) is 0 Å². The lowest BCUT2D eigenvalue weighted by molar-refractivity contribution is 0.105. The molecular formula is C13H15Cl3O2. The molecule has 0 N–H and O–H groups in total. The van der Waals surface area contributed by atoms with Crippen LogP contribution < -0.4 is 0 Å². The average molecular weight is 310 g/mol. The number of alkyl halides is 1. The summed E-state index contributed by atoms with van der Waals surface area (Å²) in [6.45, 7) is 2.17. The van der Waals surface area contributed by atoms with Gasteiger partial charge in [0.15, 0.2) is 0 Å². The molecule has 0 aromatic heterocycles. The van der Waals surface area contributed by atoms with Gasteiger partial charge in [0.05, 0.1) is 0 Å². The van der Waals surface area contributed by atoms with Crippen molar-refractivity contribution in [1.82, 2.24) is 0 Å². The molecule has 100 valence electrons. The third-order valence-electron chi connectivity index (χ3n) is 2.09. The van der Waals surface area contributed by atoms with Gasteiger partial charge in [-0.05, 0) is 41.8 Å². The van der Waals surface area contributed by atoms with Crippen molar-refractivity contribution < 1.29 is 9.59 Å². The summed E-state index contributed by atoms with van der Waals surface area (Å²) in [4.78, 5) is 21.5. The van der Waals surface area contributed by atoms with Crippen LogP contribution in [0.25, 0.3) is 0 Å². The highest BCUT2D eigenvalue weighted by Gasteiger charge is 2.12. The maximum Gasteiger partial charge on any atom is 0.253 e. The Balaban J connectivity index is 0.000000411. The molecule has 0 radical (unpaired) electrons. The van der Waals surface area contributed by atoms with Gasteiger partial charge in [0.25, 0.3) is 10.5 Å². The van der Waals surface area contributed by atoms with E-state index in [4.69, 9.17) is 34.8 Å². The van der Waals surface area contributed by atoms with E-state index in [2.05, 4.69) is 6.92 Å². The predicted molar refractivity (Wildman–Crippen MR) is 77.1 cm³/mol. The lowest BCUT2D eigenvalue weighted by Gasteiger charge is -1.98. The maximum atomic E-state index is 10.7. The number of benzene rings is 1. The third-order valence-corrected chi connectivity index (χ3v) is 2.76. The quantitative estimate of drug-likeness (QED) is 0.442. The second-order valence-corrected chi connectivity index (χ2v) is 4.55. The van der Waals surface area contributed by atoms with Crippen molar-refractivity contribution in [1.29, 1.82) is 0 Å². The smallest absolute Gasteiger partial charge is 0.253 e. The minimum absolute atomic E-state index is 0.138. The van der Waals surface area contributed by atoms with Crippen LogP contribution in [0.5, 0.6) is 0 Å². The maximum absolute atomic E-state index is 10.7. The van der Waals surface area contributed by atoms with Crippen LogP contribution in [0.2, 0.25) is 0 Å². The number of hydrogen-bond donors (Lipinski definition) is 0. The van der Waals surface area contributed by atoms with Crippen molar-refractivity contribution in [2.24, 2.45) is 0 Å². The van der Waals surface area contributed by atoms with E-state index in [9.17, 15) is 9.59 Å². The molecule has 2 nitrogen and oxygen atoms in total. The molecule has 0 bridgehead atoms. The van der Waals surface area contributed by atoms with Gasteiger partial charge >= 0.3 is 0 Å². The molecule has 0 atom stereocenters. The Bertz CT molecular complexity index is 355. The summed E-state index contributed by atoms with van der Waals surface area (Å²) in [6.07, 6.45) is 3.73. The van der Waals surface area contributed by atoms with E-state index in [1.165, 1.54) is 31.4 Å². The first-order valence-electron chi connectivity index (χ1n) is 5.59. The first-order valence-corrected chi connectivity index (χ1v) is 6.88. The van der Waals surface area contributed by atoms with Crippen molar-refractivity contribution in [2.45, 2.75) is 26.2 Å². The number of carbonyl (C=O) groups excluding carboxylic acids is 2. The minimum atomic E-state index is -0.681. The Morgan fingerprint density at radius 3 is 1.67 bits per heavy atom. The van der Waals surface area contributed by atoms with Crippen LogP contribution in [-0.4, -0.2) is 16.4 Å². The van der Waals surface area contributed by atoms with Crippen molar-refractivity contribution in [3.63, 3.8) is 0 Å². The fourth-order valence-corrected chi connectivity index (χ4v) is 1.69. The SMILES string of the molecule is CCCCCCl.O=C(Cl)c1ccccc1C(=O)Cl. The van der Waals surface area contributed by atoms with Crippen LogP contribution in [0.4, 0.5) is 0 Å². The van der Waals surface area contributed by atoms with Gasteiger partial charge in [-0.25, -0.2) is 0 Å². The van der Waals surface area contributed by atoms with E-state index in [1.807, 2.05) is 0 Å². The van der Waals surface area contributed by atoms with Crippen LogP contribution in [0.3, 0.4) is 0 Å². The summed E-state index contributed by atoms with van der Waals surface area (Å²) in [5, 5.41) is -1.36. The minimum Gasteiger partial charge on any atom is -0.276 e. The molecule has 0 unspecified atom stereocenters. The largest absolute Gasteiger partial charge is 0.276 e. The average Bonchev–Trinajstić information content (AvgIpc) is 2.37. The molecule has 18 heavy (non-hydrogen) atoms. The number of rotatable bonds is 5. The Kier molecular flexibility index (Phi) is 10.0. The molecule has 5 heteroatoms. The highest BCUT2D eigenvalue weighted by molar-refractivity contribution is 6.71. The molecule has 0 aliphatic rings. The van der Waals surface area contributed by atoms with Gasteiger partial charge in [-0.15, -0.1) is 11.6 Å². The molecule has 0 saturated heterocycles. The number of carbonyl (C=O) groups is 2. The zero-order chi connectivity index (χ0) is 14.0. The summed E-state index contributed by atoms with van der Waals surface area (Å²) in [5.74, 6) is 0.827. The lowest BCUT2D eigenvalue weighted by atomic mass is 10.1. The molecule has 0 fully saturated rings. The predicted octanol–water partition coefficient (Wildman–Crippen LogP) is 4.86. The van der Waals surface area contributed by atoms with E-state index in [0.717, 1.165) is 5.88 Å². The van der Waals surface area contributed by atoms with E-state index >= 15 is 0 Å². The molecule has 1 rings (SSSR count). The van der Waals surface area contributed by atoms with Gasteiger partial charge in [-0.3, -0.25) is 9.59 Å². The molecule has 0 saturated carbocycles. The van der Waals surface area contributed by atoms with Gasteiger partial charge in [0.1, 0.15) is 0 Å². The van der Waals surface area contributed by atoms with Gasteiger partial charge in [0, 0.05) is 17.0 Å². The van der Waals surface area contributed by atoms with Crippen molar-refractivity contribution in [2.75, 3.05) is 5.88 Å². The Morgan fingerprint density at radius 2 is 1.44 bits per heavy atom. The summed E-state index contributed by atoms with van der Waals surface area (Å²) in [5.41, 5.74) is 0.276. The first kappa shape index (κ1) is 17.4. The molecule has 1 aromatic rings. The molecular weight excluding hydrogens is 294 g/mol. The summed E-state index contributed by atoms with van der Waals surface area (Å²) >= 11 is 15.8. The fraction of sp³-hybridized carbons (Fsp3) is 0.385. The van der Waals surface area contributed by atoms with Crippen LogP contribution in [0.15, 0.2) is 24.3 Å². The fourth-order valence-electron chi connectivity index (χ4n) is 1.17. The second kappa shape index (κ2) is 10.4. The monoisotopic (exact) mass is 308 g/mol. The normalized spacial score (nSPS) is 9.33. The third kappa shape index (κ3) is 7.00. The Labute approximate surface area is 122 Å². The van der Waals surface area contributed by atoms with Gasteiger partial charge in [0.2, 0.25) is 0 Å². The van der Waals surface area contributed by atoms with E-state index in [1.54, 1.807) is 12.1 Å². The van der Waals surface area contributed by atoms with E-state index < -0.39 is 10.5 Å². The summed E-state index contributed by atoms with van der Waals surface area (Å²) in [6, 6.07) is 6.12. The molecule has 0 aliphatic carbocycles. The lowest BCUT2D eigenvalue weighted by Crippen LogP contribution is -1.99. The Hall–Kier alpha value is -0.570. The zero-order valence-electron chi connectivity index (χ0n) is 10.1. The molecule has 0 aliphatic heterocycles. The summed E-state index contributed by atoms with van der Waals surface area (Å²) < 4.78 is 0. The van der Waals surface area contributed by atoms with Crippen LogP contribution >= 0.6 is 34.8 Å². The van der Waals surface area contributed by atoms with Crippen molar-refractivity contribution in [3.8, 4) is 0 Å². The summed E-state index contributed by atoms with van der Waals surface area (Å²) in [7, 11) is 0. The second-order valence-electron chi connectivity index (χ2n) is 3.49. The molecule has 1 aromatic carbocycles. The van der Waals surface area contributed by atoms with Crippen LogP contribution in [0, 0.1) is 0 Å². The van der Waals surface area contributed by atoms with Gasteiger partial charge in [-0.1, -0.05) is 31.9 Å². The Morgan fingerprint density at radius 1 is 1.00 bits per heavy atom. The van der Waals surface area contributed by atoms with Gasteiger partial charge < -0.3 is 0 Å². The number of unbranched alkanes of at least 4 members (excludes halogenated alkanes) is 2. The van der Waals surface area contributed by atoms with Gasteiger partial charge in [-0.2, -0.15) is 0 Å². The van der Waals surface area contributed by atoms with Crippen molar-refractivity contribution in [3.05, 3.63) is 35.4 Å². The van der Waals surface area contributed by atoms with Crippen molar-refractivity contribution >= 4 is 45.3 Å². The standard InChI is InChI=1S/C8H4Cl2O2.C5H11Cl/c9-7(11)5-3-1-2-4-6(5)8(10)12;1-2-3-4-5-6/h1-4H;2-5H2,1H3. The van der Waals surface area contributed by atoms with Crippen LogP contribution in [0.1, 0.15) is 46.9 Å². The zero-order valence-corrected chi connectivity index (χ0v) is 12.4. The highest BCUT2D eigenvalue weighted by Crippen LogP contribution is 2.13. The van der Waals surface area contributed by atoms with E-state index in [0.29, 0.717) is 0 Å². The molecule has 0 spiro atoms. The first-order chi connectivity index (χ1) is 8.54. The highest BCUT2D eigenvalue weighted by atomic mass is 35.5. The van der Waals surface area contributed by atoms with E-state index in [-0.39, 0.29) is 11.1 Å². The number of halogens is 3. The molecule has 0 amide bonds. The molecule has 0 heterocycles. The number of hydrogen-bond acceptors (Lipinski definition) is 2. The topological polar surface area (TPSA) is 34.1 Å².